The van der Waals surface area contributed by atoms with Crippen molar-refractivity contribution in [2.75, 3.05) is 13.1 Å². The minimum Gasteiger partial charge on any atom is -0.327 e. The van der Waals surface area contributed by atoms with Gasteiger partial charge in [0, 0.05) is 13.1 Å². The molecule has 0 spiro atoms. The molecule has 1 aromatic rings. The Labute approximate surface area is 150 Å². The fourth-order valence-corrected chi connectivity index (χ4v) is 3.69. The third-order valence-corrected chi connectivity index (χ3v) is 5.19. The van der Waals surface area contributed by atoms with Crippen molar-refractivity contribution in [3.05, 3.63) is 40.7 Å². The van der Waals surface area contributed by atoms with Gasteiger partial charge in [0.2, 0.25) is 0 Å². The molecule has 0 aromatic heterocycles. The number of hydrogen-bond donors (Lipinski definition) is 2. The molecular formula is C20H30FN3O. The lowest BCUT2D eigenvalue weighted by Gasteiger charge is -2.45. The first-order valence-electron chi connectivity index (χ1n) is 9.09. The van der Waals surface area contributed by atoms with E-state index in [9.17, 15) is 9.18 Å². The Balaban J connectivity index is 2.66. The van der Waals surface area contributed by atoms with E-state index in [1.165, 1.54) is 6.07 Å². The average Bonchev–Trinajstić information content (AvgIpc) is 2.58. The monoisotopic (exact) mass is 347 g/mol. The molecule has 0 saturated heterocycles. The number of aryl methyl sites for hydroxylation is 1. The zero-order valence-corrected chi connectivity index (χ0v) is 15.9. The van der Waals surface area contributed by atoms with E-state index in [0.717, 1.165) is 16.8 Å². The van der Waals surface area contributed by atoms with Crippen LogP contribution in [0.15, 0.2) is 23.8 Å². The highest BCUT2D eigenvalue weighted by molar-refractivity contribution is 5.92. The van der Waals surface area contributed by atoms with Gasteiger partial charge < -0.3 is 5.73 Å². The molecule has 2 rings (SSSR count). The normalized spacial score (nSPS) is 17.3. The third-order valence-electron chi connectivity index (χ3n) is 5.19. The largest absolute Gasteiger partial charge is 0.327 e. The maximum atomic E-state index is 13.7. The predicted molar refractivity (Wildman–Crippen MR) is 99.8 cm³/mol. The Bertz CT molecular complexity index is 678. The highest BCUT2D eigenvalue weighted by Crippen LogP contribution is 2.43. The third kappa shape index (κ3) is 3.43. The lowest BCUT2D eigenvalue weighted by atomic mass is 9.71. The van der Waals surface area contributed by atoms with Crippen molar-refractivity contribution in [3.63, 3.8) is 0 Å². The van der Waals surface area contributed by atoms with Crippen LogP contribution >= 0.6 is 0 Å². The summed E-state index contributed by atoms with van der Waals surface area (Å²) >= 11 is 0. The van der Waals surface area contributed by atoms with Gasteiger partial charge >= 0.3 is 0 Å². The molecule has 1 aliphatic rings. The summed E-state index contributed by atoms with van der Waals surface area (Å²) in [5.74, 6) is 0.176. The number of hydrogen-bond acceptors (Lipinski definition) is 3. The lowest BCUT2D eigenvalue weighted by molar-refractivity contribution is -0.144. The van der Waals surface area contributed by atoms with Gasteiger partial charge in [0.05, 0.1) is 11.1 Å². The molecule has 0 aliphatic carbocycles. The standard InChI is InChI=1S/C20H30FN3O/c1-6-20(7-2)16(11-22)18(15-8-9-17(21)14(5)10-15)23-24(19(20)25)12-13(3)4/h8-10,13,23H,6-7,11-12,22H2,1-5H3. The zero-order valence-electron chi connectivity index (χ0n) is 15.9. The molecule has 1 amide bonds. The molecule has 5 heteroatoms. The van der Waals surface area contributed by atoms with E-state index in [-0.39, 0.29) is 11.7 Å². The SMILES string of the molecule is CCC1(CC)C(=O)N(CC(C)C)NC(c2ccc(F)c(C)c2)=C1CN. The quantitative estimate of drug-likeness (QED) is 0.826. The summed E-state index contributed by atoms with van der Waals surface area (Å²) in [5.41, 5.74) is 12.0. The number of nitrogens with one attached hydrogen (secondary N) is 1. The van der Waals surface area contributed by atoms with E-state index in [4.69, 9.17) is 5.73 Å². The van der Waals surface area contributed by atoms with Crippen LogP contribution < -0.4 is 11.2 Å². The Morgan fingerprint density at radius 2 is 1.92 bits per heavy atom. The van der Waals surface area contributed by atoms with Crippen molar-refractivity contribution in [1.82, 2.24) is 10.4 Å². The second-order valence-corrected chi connectivity index (χ2v) is 7.23. The predicted octanol–water partition coefficient (Wildman–Crippen LogP) is 3.61. The van der Waals surface area contributed by atoms with Crippen LogP contribution in [0.25, 0.3) is 5.70 Å². The van der Waals surface area contributed by atoms with Gasteiger partial charge in [0.1, 0.15) is 5.82 Å². The molecule has 0 unspecified atom stereocenters. The van der Waals surface area contributed by atoms with Crippen molar-refractivity contribution >= 4 is 11.6 Å². The molecule has 0 fully saturated rings. The summed E-state index contributed by atoms with van der Waals surface area (Å²) in [4.78, 5) is 13.2. The first-order valence-corrected chi connectivity index (χ1v) is 9.09. The number of carbonyl (C=O) groups excluding carboxylic acids is 1. The van der Waals surface area contributed by atoms with E-state index in [0.29, 0.717) is 37.4 Å². The minimum atomic E-state index is -0.605. The molecule has 138 valence electrons. The van der Waals surface area contributed by atoms with Crippen LogP contribution in [0.5, 0.6) is 0 Å². The Kier molecular flexibility index (Phi) is 5.88. The summed E-state index contributed by atoms with van der Waals surface area (Å²) in [6, 6.07) is 5.03. The molecule has 1 aromatic carbocycles. The molecule has 0 radical (unpaired) electrons. The average molecular weight is 347 g/mol. The van der Waals surface area contributed by atoms with E-state index in [1.807, 2.05) is 19.9 Å². The topological polar surface area (TPSA) is 58.4 Å². The molecule has 4 nitrogen and oxygen atoms in total. The van der Waals surface area contributed by atoms with Crippen LogP contribution in [0, 0.1) is 24.1 Å². The van der Waals surface area contributed by atoms with Crippen molar-refractivity contribution in [2.24, 2.45) is 17.1 Å². The van der Waals surface area contributed by atoms with Gasteiger partial charge in [-0.05, 0) is 60.6 Å². The number of nitrogens with two attached hydrogens (primary N) is 1. The van der Waals surface area contributed by atoms with Gasteiger partial charge in [-0.25, -0.2) is 4.39 Å². The summed E-state index contributed by atoms with van der Waals surface area (Å²) in [7, 11) is 0. The molecule has 1 aliphatic heterocycles. The lowest BCUT2D eigenvalue weighted by Crippen LogP contribution is -2.57. The van der Waals surface area contributed by atoms with Crippen LogP contribution in [-0.4, -0.2) is 24.0 Å². The molecule has 0 bridgehead atoms. The van der Waals surface area contributed by atoms with Gasteiger partial charge in [-0.2, -0.15) is 0 Å². The second kappa shape index (κ2) is 7.56. The highest BCUT2D eigenvalue weighted by Gasteiger charge is 2.46. The van der Waals surface area contributed by atoms with Crippen LogP contribution in [0.4, 0.5) is 4.39 Å². The van der Waals surface area contributed by atoms with Crippen molar-refractivity contribution in [1.29, 1.82) is 0 Å². The van der Waals surface area contributed by atoms with Crippen LogP contribution in [0.2, 0.25) is 0 Å². The number of benzene rings is 1. The van der Waals surface area contributed by atoms with E-state index in [2.05, 4.69) is 19.3 Å². The first-order chi connectivity index (χ1) is 11.8. The number of amides is 1. The summed E-state index contributed by atoms with van der Waals surface area (Å²) in [6.45, 7) is 10.9. The van der Waals surface area contributed by atoms with Crippen molar-refractivity contribution in [2.45, 2.75) is 47.5 Å². The van der Waals surface area contributed by atoms with Crippen LogP contribution in [-0.2, 0) is 4.79 Å². The Hall–Kier alpha value is -1.88. The zero-order chi connectivity index (χ0) is 18.8. The Morgan fingerprint density at radius 3 is 2.40 bits per heavy atom. The van der Waals surface area contributed by atoms with Gasteiger partial charge in [0.25, 0.3) is 5.91 Å². The molecule has 0 saturated carbocycles. The molecule has 0 atom stereocenters. The molecule has 3 N–H and O–H groups in total. The molecule has 1 heterocycles. The van der Waals surface area contributed by atoms with Gasteiger partial charge in [-0.3, -0.25) is 15.2 Å². The molecule has 25 heavy (non-hydrogen) atoms. The maximum absolute atomic E-state index is 13.7. The summed E-state index contributed by atoms with van der Waals surface area (Å²) < 4.78 is 13.7. The van der Waals surface area contributed by atoms with Gasteiger partial charge in [-0.1, -0.05) is 27.7 Å². The molecular weight excluding hydrogens is 317 g/mol. The van der Waals surface area contributed by atoms with Gasteiger partial charge in [-0.15, -0.1) is 0 Å². The van der Waals surface area contributed by atoms with Crippen molar-refractivity contribution in [3.8, 4) is 0 Å². The number of halogens is 1. The number of carbonyl (C=O) groups is 1. The fourth-order valence-electron chi connectivity index (χ4n) is 3.69. The first kappa shape index (κ1) is 19.4. The van der Waals surface area contributed by atoms with E-state index in [1.54, 1.807) is 18.0 Å². The number of nitrogens with zero attached hydrogens (tertiary/aromatic N) is 1. The fraction of sp³-hybridized carbons (Fsp3) is 0.550. The Morgan fingerprint density at radius 1 is 1.28 bits per heavy atom. The number of rotatable bonds is 6. The van der Waals surface area contributed by atoms with E-state index < -0.39 is 5.41 Å². The second-order valence-electron chi connectivity index (χ2n) is 7.23. The smallest absolute Gasteiger partial charge is 0.251 e. The van der Waals surface area contributed by atoms with Crippen molar-refractivity contribution < 1.29 is 9.18 Å². The van der Waals surface area contributed by atoms with Gasteiger partial charge in [0.15, 0.2) is 0 Å². The van der Waals surface area contributed by atoms with Crippen LogP contribution in [0.1, 0.15) is 51.7 Å². The highest BCUT2D eigenvalue weighted by atomic mass is 19.1. The minimum absolute atomic E-state index is 0.0780. The summed E-state index contributed by atoms with van der Waals surface area (Å²) in [6.07, 6.45) is 1.38. The number of hydrazine groups is 1. The van der Waals surface area contributed by atoms with Crippen LogP contribution in [0.3, 0.4) is 0 Å². The summed E-state index contributed by atoms with van der Waals surface area (Å²) in [5, 5.41) is 1.71. The maximum Gasteiger partial charge on any atom is 0.251 e. The van der Waals surface area contributed by atoms with E-state index >= 15 is 0 Å².